The van der Waals surface area contributed by atoms with Gasteiger partial charge in [-0.1, -0.05) is 26.2 Å². The van der Waals surface area contributed by atoms with Gasteiger partial charge in [0.2, 0.25) is 0 Å². The third-order valence-electron chi connectivity index (χ3n) is 2.78. The van der Waals surface area contributed by atoms with Crippen molar-refractivity contribution in [2.45, 2.75) is 52.2 Å². The molecule has 1 aliphatic heterocycles. The third kappa shape index (κ3) is 4.26. The number of nitrogens with zero attached hydrogens (tertiary/aromatic N) is 1. The van der Waals surface area contributed by atoms with Gasteiger partial charge in [-0.15, -0.1) is 0 Å². The van der Waals surface area contributed by atoms with Gasteiger partial charge in [0.15, 0.2) is 5.57 Å². The van der Waals surface area contributed by atoms with E-state index in [-0.39, 0.29) is 11.3 Å². The van der Waals surface area contributed by atoms with Crippen LogP contribution in [0, 0.1) is 11.3 Å². The molecule has 6 heteroatoms. The molecule has 0 amide bonds. The predicted octanol–water partition coefficient (Wildman–Crippen LogP) is 1.77. The number of nitriles is 1. The van der Waals surface area contributed by atoms with E-state index in [9.17, 15) is 9.59 Å². The van der Waals surface area contributed by atoms with Gasteiger partial charge in [0.05, 0.1) is 0 Å². The molecule has 1 rings (SSSR count). The molecule has 1 saturated heterocycles. The van der Waals surface area contributed by atoms with Crippen LogP contribution in [0.1, 0.15) is 46.5 Å². The summed E-state index contributed by atoms with van der Waals surface area (Å²) in [5, 5.41) is 11.9. The fourth-order valence-electron chi connectivity index (χ4n) is 1.81. The zero-order valence-electron chi connectivity index (χ0n) is 12.1. The molecule has 0 bridgehead atoms. The molecule has 0 aliphatic carbocycles. The Morgan fingerprint density at radius 2 is 1.80 bits per heavy atom. The van der Waals surface area contributed by atoms with Crippen LogP contribution in [0.25, 0.3) is 0 Å². The van der Waals surface area contributed by atoms with E-state index in [1.807, 2.05) is 6.07 Å². The number of unbranched alkanes of at least 4 members (excludes halogenated alkanes) is 3. The molecule has 0 atom stereocenters. The lowest BCUT2D eigenvalue weighted by Gasteiger charge is -2.30. The minimum atomic E-state index is -1.29. The monoisotopic (exact) mass is 280 g/mol. The summed E-state index contributed by atoms with van der Waals surface area (Å²) in [6.07, 6.45) is 4.11. The summed E-state index contributed by atoms with van der Waals surface area (Å²) in [6.45, 7) is 5.55. The molecular formula is C14H20N2O4. The van der Waals surface area contributed by atoms with Gasteiger partial charge in [-0.3, -0.25) is 0 Å². The number of ether oxygens (including phenoxy) is 2. The van der Waals surface area contributed by atoms with Crippen molar-refractivity contribution in [1.29, 1.82) is 5.26 Å². The van der Waals surface area contributed by atoms with Crippen molar-refractivity contribution < 1.29 is 19.1 Å². The number of allylic oxidation sites excluding steroid dienone is 1. The second-order valence-electron chi connectivity index (χ2n) is 5.03. The molecule has 0 spiro atoms. The summed E-state index contributed by atoms with van der Waals surface area (Å²) in [4.78, 5) is 23.6. The minimum absolute atomic E-state index is 0.0907. The van der Waals surface area contributed by atoms with Crippen molar-refractivity contribution >= 4 is 11.9 Å². The quantitative estimate of drug-likeness (QED) is 0.262. The molecule has 1 aliphatic rings. The normalized spacial score (nSPS) is 17.0. The number of nitrogens with one attached hydrogen (secondary N) is 1. The second-order valence-corrected chi connectivity index (χ2v) is 5.03. The summed E-state index contributed by atoms with van der Waals surface area (Å²) in [7, 11) is 0. The van der Waals surface area contributed by atoms with Gasteiger partial charge >= 0.3 is 11.9 Å². The molecular weight excluding hydrogens is 260 g/mol. The summed E-state index contributed by atoms with van der Waals surface area (Å²) >= 11 is 0. The zero-order valence-corrected chi connectivity index (χ0v) is 12.1. The van der Waals surface area contributed by atoms with E-state index in [4.69, 9.17) is 14.7 Å². The Bertz CT molecular complexity index is 438. The maximum atomic E-state index is 11.8. The first-order valence-electron chi connectivity index (χ1n) is 6.76. The molecule has 0 aromatic rings. The van der Waals surface area contributed by atoms with Crippen LogP contribution in [0.4, 0.5) is 0 Å². The molecule has 1 N–H and O–H groups in total. The highest BCUT2D eigenvalue weighted by Crippen LogP contribution is 2.23. The fraction of sp³-hybridized carbons (Fsp3) is 0.643. The summed E-state index contributed by atoms with van der Waals surface area (Å²) in [5.41, 5.74) is -0.450. The highest BCUT2D eigenvalue weighted by molar-refractivity contribution is 6.16. The van der Waals surface area contributed by atoms with Crippen LogP contribution in [-0.4, -0.2) is 24.3 Å². The molecule has 110 valence electrons. The van der Waals surface area contributed by atoms with Crippen molar-refractivity contribution in [3.05, 3.63) is 11.3 Å². The van der Waals surface area contributed by atoms with Crippen LogP contribution < -0.4 is 5.32 Å². The van der Waals surface area contributed by atoms with Crippen molar-refractivity contribution in [2.24, 2.45) is 0 Å². The van der Waals surface area contributed by atoms with E-state index in [2.05, 4.69) is 12.2 Å². The lowest BCUT2D eigenvalue weighted by atomic mass is 10.1. The molecule has 20 heavy (non-hydrogen) atoms. The number of cyclic esters (lactones) is 2. The Balaban J connectivity index is 2.73. The van der Waals surface area contributed by atoms with Crippen LogP contribution in [0.3, 0.4) is 0 Å². The van der Waals surface area contributed by atoms with Gasteiger partial charge < -0.3 is 14.8 Å². The van der Waals surface area contributed by atoms with Gasteiger partial charge in [0, 0.05) is 20.4 Å². The maximum absolute atomic E-state index is 11.8. The topological polar surface area (TPSA) is 88.4 Å². The van der Waals surface area contributed by atoms with E-state index in [1.54, 1.807) is 0 Å². The molecule has 0 aromatic heterocycles. The molecule has 0 saturated carbocycles. The Hall–Kier alpha value is -2.03. The van der Waals surface area contributed by atoms with E-state index >= 15 is 0 Å². The number of hydrogen-bond donors (Lipinski definition) is 1. The molecule has 1 fully saturated rings. The van der Waals surface area contributed by atoms with Gasteiger partial charge in [0.1, 0.15) is 11.8 Å². The first kappa shape index (κ1) is 16.0. The van der Waals surface area contributed by atoms with E-state index in [0.717, 1.165) is 25.7 Å². The van der Waals surface area contributed by atoms with Crippen LogP contribution in [0.5, 0.6) is 0 Å². The van der Waals surface area contributed by atoms with E-state index in [1.165, 1.54) is 13.8 Å². The molecule has 0 unspecified atom stereocenters. The Morgan fingerprint density at radius 1 is 1.20 bits per heavy atom. The number of rotatable bonds is 6. The zero-order chi connectivity index (χ0) is 15.2. The predicted molar refractivity (Wildman–Crippen MR) is 71.0 cm³/mol. The number of esters is 2. The lowest BCUT2D eigenvalue weighted by Crippen LogP contribution is -2.43. The highest BCUT2D eigenvalue weighted by Gasteiger charge is 2.41. The number of hydrogen-bond acceptors (Lipinski definition) is 6. The first-order valence-corrected chi connectivity index (χ1v) is 6.76. The standard InChI is InChI=1S/C14H20N2O4/c1-4-5-6-7-8-16-10(9-15)11-12(17)19-14(2,3)20-13(11)18/h16H,4-8H2,1-3H3. The Kier molecular flexibility index (Phi) is 5.56. The lowest BCUT2D eigenvalue weighted by molar-refractivity contribution is -0.222. The number of carbonyl (C=O) groups excluding carboxylic acids is 2. The maximum Gasteiger partial charge on any atom is 0.351 e. The average Bonchev–Trinajstić information content (AvgIpc) is 2.34. The molecule has 0 aromatic carbocycles. The van der Waals surface area contributed by atoms with Crippen molar-refractivity contribution in [2.75, 3.05) is 6.54 Å². The number of carbonyl (C=O) groups is 2. The van der Waals surface area contributed by atoms with Gasteiger partial charge in [0.25, 0.3) is 5.79 Å². The van der Waals surface area contributed by atoms with Gasteiger partial charge in [-0.2, -0.15) is 5.26 Å². The summed E-state index contributed by atoms with van der Waals surface area (Å²) in [6, 6.07) is 1.82. The summed E-state index contributed by atoms with van der Waals surface area (Å²) in [5.74, 6) is -2.95. The van der Waals surface area contributed by atoms with E-state index < -0.39 is 17.7 Å². The fourth-order valence-corrected chi connectivity index (χ4v) is 1.81. The third-order valence-corrected chi connectivity index (χ3v) is 2.78. The van der Waals surface area contributed by atoms with Crippen molar-refractivity contribution in [1.82, 2.24) is 5.32 Å². The van der Waals surface area contributed by atoms with Crippen molar-refractivity contribution in [3.8, 4) is 6.07 Å². The van der Waals surface area contributed by atoms with Crippen LogP contribution in [0.2, 0.25) is 0 Å². The largest absolute Gasteiger partial charge is 0.419 e. The molecule has 6 nitrogen and oxygen atoms in total. The highest BCUT2D eigenvalue weighted by atomic mass is 16.7. The molecule has 0 radical (unpaired) electrons. The minimum Gasteiger partial charge on any atom is -0.419 e. The van der Waals surface area contributed by atoms with Gasteiger partial charge in [-0.25, -0.2) is 9.59 Å². The smallest absolute Gasteiger partial charge is 0.351 e. The average molecular weight is 280 g/mol. The molecule has 1 heterocycles. The van der Waals surface area contributed by atoms with E-state index in [0.29, 0.717) is 6.54 Å². The first-order chi connectivity index (χ1) is 9.41. The second kappa shape index (κ2) is 6.94. The van der Waals surface area contributed by atoms with Crippen LogP contribution >= 0.6 is 0 Å². The van der Waals surface area contributed by atoms with Crippen LogP contribution in [0.15, 0.2) is 11.3 Å². The summed E-state index contributed by atoms with van der Waals surface area (Å²) < 4.78 is 9.91. The SMILES string of the molecule is CCCCCCNC(C#N)=C1C(=O)OC(C)(C)OC1=O. The Morgan fingerprint density at radius 3 is 2.30 bits per heavy atom. The van der Waals surface area contributed by atoms with Gasteiger partial charge in [-0.05, 0) is 6.42 Å². The van der Waals surface area contributed by atoms with Crippen molar-refractivity contribution in [3.63, 3.8) is 0 Å². The van der Waals surface area contributed by atoms with Crippen LogP contribution in [-0.2, 0) is 19.1 Å². The Labute approximate surface area is 118 Å².